The zero-order chi connectivity index (χ0) is 19.8. The number of para-hydroxylation sites is 1. The highest BCUT2D eigenvalue weighted by molar-refractivity contribution is 5.78. The summed E-state index contributed by atoms with van der Waals surface area (Å²) in [5.41, 5.74) is 1.14. The van der Waals surface area contributed by atoms with Gasteiger partial charge in [-0.05, 0) is 36.8 Å². The van der Waals surface area contributed by atoms with E-state index in [2.05, 4.69) is 16.1 Å². The summed E-state index contributed by atoms with van der Waals surface area (Å²) in [6.45, 7) is 4.06. The molecular formula is C22H28N4O3. The number of carbonyl (C=O) groups is 1. The van der Waals surface area contributed by atoms with Gasteiger partial charge in [0.15, 0.2) is 0 Å². The minimum absolute atomic E-state index is 0.0144. The molecule has 1 aromatic carbocycles. The highest BCUT2D eigenvalue weighted by Gasteiger charge is 2.43. The maximum absolute atomic E-state index is 13.0. The quantitative estimate of drug-likeness (QED) is 0.852. The number of nitrogens with zero attached hydrogens (tertiary/aromatic N) is 4. The Morgan fingerprint density at radius 3 is 2.83 bits per heavy atom. The maximum atomic E-state index is 13.0. The van der Waals surface area contributed by atoms with Gasteiger partial charge in [0.1, 0.15) is 12.4 Å². The van der Waals surface area contributed by atoms with Crippen LogP contribution in [0.5, 0.6) is 5.75 Å². The van der Waals surface area contributed by atoms with Gasteiger partial charge in [0, 0.05) is 44.1 Å². The monoisotopic (exact) mass is 396 g/mol. The molecule has 3 heterocycles. The molecule has 1 N–H and O–H groups in total. The molecule has 1 saturated heterocycles. The van der Waals surface area contributed by atoms with Crippen LogP contribution in [0.4, 0.5) is 0 Å². The van der Waals surface area contributed by atoms with Crippen LogP contribution in [-0.4, -0.2) is 69.5 Å². The molecule has 0 unspecified atom stereocenters. The van der Waals surface area contributed by atoms with Crippen molar-refractivity contribution in [2.45, 2.75) is 31.5 Å². The molecule has 29 heavy (non-hydrogen) atoms. The molecular weight excluding hydrogens is 368 g/mol. The molecule has 1 aliphatic carbocycles. The summed E-state index contributed by atoms with van der Waals surface area (Å²) >= 11 is 0. The molecule has 154 valence electrons. The predicted octanol–water partition coefficient (Wildman–Crippen LogP) is 1.55. The number of hydrogen-bond acceptors (Lipinski definition) is 5. The van der Waals surface area contributed by atoms with E-state index >= 15 is 0 Å². The van der Waals surface area contributed by atoms with E-state index in [4.69, 9.17) is 4.74 Å². The van der Waals surface area contributed by atoms with E-state index in [1.807, 2.05) is 40.0 Å². The third-order valence-corrected chi connectivity index (χ3v) is 6.72. The van der Waals surface area contributed by atoms with Crippen LogP contribution in [-0.2, 0) is 11.3 Å². The molecule has 0 radical (unpaired) electrons. The Balaban J connectivity index is 1.21. The molecule has 1 amide bonds. The molecule has 0 spiro atoms. The predicted molar refractivity (Wildman–Crippen MR) is 107 cm³/mol. The molecule has 1 saturated carbocycles. The van der Waals surface area contributed by atoms with E-state index in [0.717, 1.165) is 50.3 Å². The summed E-state index contributed by atoms with van der Waals surface area (Å²) in [6.07, 6.45) is 4.90. The van der Waals surface area contributed by atoms with Gasteiger partial charge in [-0.1, -0.05) is 18.2 Å². The molecule has 7 nitrogen and oxygen atoms in total. The third kappa shape index (κ3) is 3.76. The molecule has 7 heteroatoms. The van der Waals surface area contributed by atoms with Crippen molar-refractivity contribution in [2.75, 3.05) is 32.8 Å². The molecule has 2 fully saturated rings. The van der Waals surface area contributed by atoms with E-state index in [-0.39, 0.29) is 11.9 Å². The zero-order valence-corrected chi connectivity index (χ0v) is 16.6. The van der Waals surface area contributed by atoms with Crippen LogP contribution in [0.1, 0.15) is 24.4 Å². The lowest BCUT2D eigenvalue weighted by Crippen LogP contribution is -2.40. The standard InChI is InChI=1S/C22H28N4O3/c27-20-11-18-14-25(13-17(18)10-19(20)26-7-3-6-23-26)22(28)15-24-8-9-29-21-5-2-1-4-16(21)12-24/h1-7,17-20,27H,8-15H2/t17-,18+,19-,20-/m1/s1. The number of carbonyl (C=O) groups excluding carboxylic acids is 1. The van der Waals surface area contributed by atoms with Crippen molar-refractivity contribution in [3.63, 3.8) is 0 Å². The second-order valence-electron chi connectivity index (χ2n) is 8.58. The van der Waals surface area contributed by atoms with Gasteiger partial charge in [0.25, 0.3) is 0 Å². The summed E-state index contributed by atoms with van der Waals surface area (Å²) in [6, 6.07) is 9.97. The molecule has 2 aromatic rings. The minimum Gasteiger partial charge on any atom is -0.492 e. The van der Waals surface area contributed by atoms with Crippen LogP contribution in [0.25, 0.3) is 0 Å². The number of benzene rings is 1. The van der Waals surface area contributed by atoms with Crippen LogP contribution in [0.3, 0.4) is 0 Å². The molecule has 5 rings (SSSR count). The van der Waals surface area contributed by atoms with Gasteiger partial charge in [-0.15, -0.1) is 0 Å². The van der Waals surface area contributed by atoms with Gasteiger partial charge in [0.05, 0.1) is 18.7 Å². The van der Waals surface area contributed by atoms with Crippen molar-refractivity contribution in [2.24, 2.45) is 11.8 Å². The Labute approximate surface area is 170 Å². The maximum Gasteiger partial charge on any atom is 0.236 e. The van der Waals surface area contributed by atoms with Crippen LogP contribution in [0, 0.1) is 11.8 Å². The largest absolute Gasteiger partial charge is 0.492 e. The summed E-state index contributed by atoms with van der Waals surface area (Å²) in [7, 11) is 0. The van der Waals surface area contributed by atoms with Gasteiger partial charge in [0.2, 0.25) is 5.91 Å². The Morgan fingerprint density at radius 2 is 2.00 bits per heavy atom. The lowest BCUT2D eigenvalue weighted by molar-refractivity contribution is -0.131. The van der Waals surface area contributed by atoms with Crippen molar-refractivity contribution in [3.8, 4) is 5.75 Å². The van der Waals surface area contributed by atoms with E-state index in [1.165, 1.54) is 0 Å². The summed E-state index contributed by atoms with van der Waals surface area (Å²) in [5, 5.41) is 14.9. The normalized spacial score (nSPS) is 29.6. The highest BCUT2D eigenvalue weighted by atomic mass is 16.5. The fourth-order valence-electron chi connectivity index (χ4n) is 5.18. The Bertz CT molecular complexity index is 856. The number of fused-ring (bicyclic) bond motifs is 2. The Kier molecular flexibility index (Phi) is 5.01. The topological polar surface area (TPSA) is 70.8 Å². The number of aliphatic hydroxyl groups excluding tert-OH is 1. The van der Waals surface area contributed by atoms with Crippen molar-refractivity contribution in [3.05, 3.63) is 48.3 Å². The second-order valence-corrected chi connectivity index (χ2v) is 8.58. The van der Waals surface area contributed by atoms with Crippen LogP contribution >= 0.6 is 0 Å². The van der Waals surface area contributed by atoms with Crippen LogP contribution in [0.2, 0.25) is 0 Å². The van der Waals surface area contributed by atoms with Crippen molar-refractivity contribution < 1.29 is 14.6 Å². The fraction of sp³-hybridized carbons (Fsp3) is 0.545. The number of amides is 1. The van der Waals surface area contributed by atoms with Crippen molar-refractivity contribution in [1.82, 2.24) is 19.6 Å². The Hall–Kier alpha value is -2.38. The van der Waals surface area contributed by atoms with E-state index in [9.17, 15) is 9.90 Å². The molecule has 0 bridgehead atoms. The minimum atomic E-state index is -0.398. The molecule has 2 aliphatic heterocycles. The van der Waals surface area contributed by atoms with Crippen molar-refractivity contribution in [1.29, 1.82) is 0 Å². The summed E-state index contributed by atoms with van der Waals surface area (Å²) in [4.78, 5) is 17.2. The summed E-state index contributed by atoms with van der Waals surface area (Å²) in [5.74, 6) is 1.93. The SMILES string of the molecule is O=C(CN1CCOc2ccccc2C1)N1C[C@H]2C[C@@H](n3cccn3)[C@H](O)C[C@H]2C1. The van der Waals surface area contributed by atoms with Crippen LogP contribution < -0.4 is 4.74 Å². The van der Waals surface area contributed by atoms with Gasteiger partial charge >= 0.3 is 0 Å². The van der Waals surface area contributed by atoms with Crippen molar-refractivity contribution >= 4 is 5.91 Å². The fourth-order valence-corrected chi connectivity index (χ4v) is 5.18. The second kappa shape index (κ2) is 7.80. The van der Waals surface area contributed by atoms with Gasteiger partial charge in [-0.3, -0.25) is 14.4 Å². The lowest BCUT2D eigenvalue weighted by atomic mass is 9.77. The number of ether oxygens (including phenoxy) is 1. The molecule has 4 atom stereocenters. The van der Waals surface area contributed by atoms with Gasteiger partial charge in [-0.2, -0.15) is 5.10 Å². The first-order valence-corrected chi connectivity index (χ1v) is 10.6. The van der Waals surface area contributed by atoms with Gasteiger partial charge < -0.3 is 14.7 Å². The van der Waals surface area contributed by atoms with Gasteiger partial charge in [-0.25, -0.2) is 0 Å². The number of aliphatic hydroxyl groups is 1. The molecule has 1 aromatic heterocycles. The number of likely N-dealkylation sites (tertiary alicyclic amines) is 1. The first kappa shape index (κ1) is 18.6. The number of aromatic nitrogens is 2. The third-order valence-electron chi connectivity index (χ3n) is 6.72. The lowest BCUT2D eigenvalue weighted by Gasteiger charge is -2.35. The number of hydrogen-bond donors (Lipinski definition) is 1. The average molecular weight is 396 g/mol. The highest BCUT2D eigenvalue weighted by Crippen LogP contribution is 2.41. The first-order chi connectivity index (χ1) is 14.2. The number of rotatable bonds is 3. The molecule has 3 aliphatic rings. The smallest absolute Gasteiger partial charge is 0.236 e. The van der Waals surface area contributed by atoms with Crippen LogP contribution in [0.15, 0.2) is 42.7 Å². The van der Waals surface area contributed by atoms with E-state index in [1.54, 1.807) is 6.20 Å². The Morgan fingerprint density at radius 1 is 1.17 bits per heavy atom. The average Bonchev–Trinajstić information content (AvgIpc) is 3.33. The zero-order valence-electron chi connectivity index (χ0n) is 16.6. The van der Waals surface area contributed by atoms with E-state index < -0.39 is 6.10 Å². The van der Waals surface area contributed by atoms with E-state index in [0.29, 0.717) is 25.0 Å². The first-order valence-electron chi connectivity index (χ1n) is 10.6. The summed E-state index contributed by atoms with van der Waals surface area (Å²) < 4.78 is 7.69.